The molecule has 0 unspecified atom stereocenters. The quantitative estimate of drug-likeness (QED) is 0.435. The summed E-state index contributed by atoms with van der Waals surface area (Å²) in [6, 6.07) is 0. The van der Waals surface area contributed by atoms with Gasteiger partial charge in [-0.3, -0.25) is 24.0 Å². The molecule has 0 aliphatic rings. The third kappa shape index (κ3) is 6.49. The molecule has 0 fully saturated rings. The Balaban J connectivity index is 0.000000516. The van der Waals surface area contributed by atoms with Gasteiger partial charge in [-0.15, -0.1) is 11.3 Å². The lowest BCUT2D eigenvalue weighted by atomic mass is 10.1. The Bertz CT molecular complexity index is 999. The van der Waals surface area contributed by atoms with Crippen LogP contribution in [-0.4, -0.2) is 44.0 Å². The minimum atomic E-state index is -0.847. The average Bonchev–Trinajstić information content (AvgIpc) is 3.06. The van der Waals surface area contributed by atoms with E-state index < -0.39 is 35.4 Å². The van der Waals surface area contributed by atoms with Gasteiger partial charge in [0.2, 0.25) is 11.8 Å². The van der Waals surface area contributed by atoms with E-state index in [0.29, 0.717) is 30.3 Å². The molecule has 11 heteroatoms. The molecule has 0 saturated carbocycles. The highest BCUT2D eigenvalue weighted by molar-refractivity contribution is 7.11. The Labute approximate surface area is 169 Å². The lowest BCUT2D eigenvalue weighted by Crippen LogP contribution is -2.30. The van der Waals surface area contributed by atoms with Gasteiger partial charge < -0.3 is 9.84 Å². The number of ether oxygens (including phenoxy) is 1. The second kappa shape index (κ2) is 10.5. The second-order valence-corrected chi connectivity index (χ2v) is 7.03. The SMILES string of the molecule is CC(=O)OC(C)=O.CC(=O)n1c(=O)n(C(C)=O)c2c(CCCCC(=O)O)scc21. The van der Waals surface area contributed by atoms with Crippen LogP contribution < -0.4 is 5.69 Å². The number of aromatic nitrogens is 2. The zero-order valence-electron chi connectivity index (χ0n) is 16.5. The summed E-state index contributed by atoms with van der Waals surface area (Å²) in [6.45, 7) is 4.91. The standard InChI is InChI=1S/C14H16N2O5S.C4H6O3/c1-8(17)15-10-7-22-11(5-3-4-6-12(19)20)13(10)16(9(2)18)14(15)21;1-3(5)7-4(2)6/h7H,3-6H2,1-2H3,(H,19,20);1-2H3. The lowest BCUT2D eigenvalue weighted by Gasteiger charge is -2.00. The van der Waals surface area contributed by atoms with Crippen molar-refractivity contribution in [1.82, 2.24) is 9.13 Å². The third-order valence-electron chi connectivity index (χ3n) is 3.63. The fourth-order valence-electron chi connectivity index (χ4n) is 2.62. The molecule has 158 valence electrons. The highest BCUT2D eigenvalue weighted by Crippen LogP contribution is 2.27. The van der Waals surface area contributed by atoms with Gasteiger partial charge in [-0.25, -0.2) is 13.9 Å². The van der Waals surface area contributed by atoms with Crippen LogP contribution in [0.15, 0.2) is 10.2 Å². The number of carboxylic acid groups (broad SMARTS) is 1. The Kier molecular flexibility index (Phi) is 8.64. The highest BCUT2D eigenvalue weighted by atomic mass is 32.1. The van der Waals surface area contributed by atoms with E-state index in [9.17, 15) is 28.8 Å². The Morgan fingerprint density at radius 3 is 1.93 bits per heavy atom. The molecular weight excluding hydrogens is 404 g/mol. The summed E-state index contributed by atoms with van der Waals surface area (Å²) in [7, 11) is 0. The molecule has 1 N–H and O–H groups in total. The molecule has 0 aliphatic carbocycles. The Hall–Kier alpha value is -3.08. The molecule has 0 bridgehead atoms. The zero-order valence-corrected chi connectivity index (χ0v) is 17.3. The van der Waals surface area contributed by atoms with E-state index in [1.54, 1.807) is 5.38 Å². The van der Waals surface area contributed by atoms with Gasteiger partial charge in [-0.05, 0) is 19.3 Å². The van der Waals surface area contributed by atoms with Crippen LogP contribution in [0.4, 0.5) is 0 Å². The van der Waals surface area contributed by atoms with E-state index >= 15 is 0 Å². The third-order valence-corrected chi connectivity index (χ3v) is 4.65. The summed E-state index contributed by atoms with van der Waals surface area (Å²) in [5, 5.41) is 10.3. The van der Waals surface area contributed by atoms with Crippen molar-refractivity contribution in [3.63, 3.8) is 0 Å². The molecule has 0 radical (unpaired) electrons. The minimum Gasteiger partial charge on any atom is -0.481 e. The molecule has 0 spiro atoms. The Morgan fingerprint density at radius 2 is 1.52 bits per heavy atom. The van der Waals surface area contributed by atoms with Gasteiger partial charge in [0.15, 0.2) is 0 Å². The number of thiophene rings is 1. The summed E-state index contributed by atoms with van der Waals surface area (Å²) >= 11 is 1.37. The smallest absolute Gasteiger partial charge is 0.342 e. The molecule has 2 rings (SSSR count). The number of aryl methyl sites for hydroxylation is 1. The van der Waals surface area contributed by atoms with Crippen LogP contribution in [-0.2, 0) is 25.5 Å². The number of unbranched alkanes of at least 4 members (excludes halogenated alkanes) is 1. The van der Waals surface area contributed by atoms with Crippen molar-refractivity contribution < 1.29 is 33.8 Å². The molecule has 2 aromatic heterocycles. The largest absolute Gasteiger partial charge is 0.481 e. The fourth-order valence-corrected chi connectivity index (χ4v) is 3.66. The maximum absolute atomic E-state index is 12.2. The van der Waals surface area contributed by atoms with Crippen molar-refractivity contribution in [2.45, 2.75) is 53.4 Å². The molecule has 0 aliphatic heterocycles. The molecule has 0 aromatic carbocycles. The molecule has 0 saturated heterocycles. The van der Waals surface area contributed by atoms with Crippen LogP contribution in [0.25, 0.3) is 11.0 Å². The van der Waals surface area contributed by atoms with Crippen LogP contribution in [0.1, 0.15) is 61.4 Å². The lowest BCUT2D eigenvalue weighted by molar-refractivity contribution is -0.156. The van der Waals surface area contributed by atoms with E-state index in [1.807, 2.05) is 0 Å². The van der Waals surface area contributed by atoms with Gasteiger partial charge in [0, 0.05) is 44.4 Å². The van der Waals surface area contributed by atoms with Gasteiger partial charge >= 0.3 is 23.6 Å². The average molecular weight is 426 g/mol. The number of carbonyl (C=O) groups is 5. The van der Waals surface area contributed by atoms with Crippen LogP contribution in [0.2, 0.25) is 0 Å². The first-order valence-electron chi connectivity index (χ1n) is 8.63. The maximum atomic E-state index is 12.2. The van der Waals surface area contributed by atoms with E-state index in [-0.39, 0.29) is 6.42 Å². The van der Waals surface area contributed by atoms with Gasteiger partial charge in [0.25, 0.3) is 0 Å². The number of aliphatic carboxylic acids is 1. The topological polar surface area (TPSA) is 142 Å². The summed E-state index contributed by atoms with van der Waals surface area (Å²) < 4.78 is 5.98. The predicted molar refractivity (Wildman–Crippen MR) is 104 cm³/mol. The van der Waals surface area contributed by atoms with E-state index in [1.165, 1.54) is 39.0 Å². The summed E-state index contributed by atoms with van der Waals surface area (Å²) in [6.07, 6.45) is 1.81. The predicted octanol–water partition coefficient (Wildman–Crippen LogP) is 2.08. The number of fused-ring (bicyclic) bond motifs is 1. The number of hydrogen-bond acceptors (Lipinski definition) is 8. The molecule has 0 amide bonds. The number of carbonyl (C=O) groups excluding carboxylic acids is 4. The number of rotatable bonds is 5. The molecular formula is C18H22N2O8S. The molecule has 10 nitrogen and oxygen atoms in total. The van der Waals surface area contributed by atoms with E-state index in [2.05, 4.69) is 4.74 Å². The molecule has 2 aromatic rings. The van der Waals surface area contributed by atoms with Crippen LogP contribution >= 0.6 is 11.3 Å². The van der Waals surface area contributed by atoms with Crippen molar-refractivity contribution in [3.8, 4) is 0 Å². The van der Waals surface area contributed by atoms with Gasteiger partial charge in [-0.2, -0.15) is 0 Å². The number of hydrogen-bond donors (Lipinski definition) is 1. The van der Waals surface area contributed by atoms with Crippen LogP contribution in [0.5, 0.6) is 0 Å². The first-order chi connectivity index (χ1) is 13.5. The van der Waals surface area contributed by atoms with Crippen molar-refractivity contribution in [2.75, 3.05) is 0 Å². The summed E-state index contributed by atoms with van der Waals surface area (Å²) in [5.41, 5.74) is 0.253. The van der Waals surface area contributed by atoms with Crippen molar-refractivity contribution >= 4 is 52.1 Å². The molecule has 2 heterocycles. The van der Waals surface area contributed by atoms with Gasteiger partial charge in [0.05, 0.1) is 11.0 Å². The first-order valence-corrected chi connectivity index (χ1v) is 9.51. The van der Waals surface area contributed by atoms with Gasteiger partial charge in [0.1, 0.15) is 0 Å². The number of carboxylic acids is 1. The van der Waals surface area contributed by atoms with Crippen molar-refractivity contribution in [3.05, 3.63) is 20.7 Å². The fraction of sp³-hybridized carbons (Fsp3) is 0.444. The van der Waals surface area contributed by atoms with E-state index in [4.69, 9.17) is 5.11 Å². The van der Waals surface area contributed by atoms with Crippen LogP contribution in [0.3, 0.4) is 0 Å². The number of esters is 2. The highest BCUT2D eigenvalue weighted by Gasteiger charge is 2.22. The molecule has 29 heavy (non-hydrogen) atoms. The van der Waals surface area contributed by atoms with E-state index in [0.717, 1.165) is 14.0 Å². The second-order valence-electron chi connectivity index (χ2n) is 6.07. The number of nitrogens with zero attached hydrogens (tertiary/aromatic N) is 2. The van der Waals surface area contributed by atoms with Crippen LogP contribution in [0, 0.1) is 0 Å². The zero-order chi connectivity index (χ0) is 22.3. The van der Waals surface area contributed by atoms with Crippen molar-refractivity contribution in [2.24, 2.45) is 0 Å². The monoisotopic (exact) mass is 426 g/mol. The first kappa shape index (κ1) is 24.0. The summed E-state index contributed by atoms with van der Waals surface area (Å²) in [4.78, 5) is 66.6. The normalized spacial score (nSPS) is 10.2. The van der Waals surface area contributed by atoms with Gasteiger partial charge in [-0.1, -0.05) is 0 Å². The Morgan fingerprint density at radius 1 is 0.966 bits per heavy atom. The van der Waals surface area contributed by atoms with Crippen molar-refractivity contribution in [1.29, 1.82) is 0 Å². The molecule has 0 atom stereocenters. The number of imidazole rings is 1. The maximum Gasteiger partial charge on any atom is 0.342 e. The minimum absolute atomic E-state index is 0.0858. The summed E-state index contributed by atoms with van der Waals surface area (Å²) in [5.74, 6) is -2.86.